The van der Waals surface area contributed by atoms with Crippen LogP contribution in [0.1, 0.15) is 0 Å². The van der Waals surface area contributed by atoms with Gasteiger partial charge in [-0.1, -0.05) is 0 Å². The van der Waals surface area contributed by atoms with Gasteiger partial charge in [-0.05, 0) is 0 Å². The highest BCUT2D eigenvalue weighted by atomic mass is 16.5. The summed E-state index contributed by atoms with van der Waals surface area (Å²) in [6.07, 6.45) is -0.895. The van der Waals surface area contributed by atoms with Gasteiger partial charge in [-0.15, -0.1) is 0 Å². The van der Waals surface area contributed by atoms with E-state index in [0.717, 1.165) is 4.90 Å². The van der Waals surface area contributed by atoms with Crippen LogP contribution in [0, 0.1) is 0 Å². The van der Waals surface area contributed by atoms with E-state index in [2.05, 4.69) is 4.74 Å². The Morgan fingerprint density at radius 2 is 1.73 bits per heavy atom. The van der Waals surface area contributed by atoms with Crippen molar-refractivity contribution in [1.82, 2.24) is 4.90 Å². The first-order valence-corrected chi connectivity index (χ1v) is 4.28. The summed E-state index contributed by atoms with van der Waals surface area (Å²) in [5.74, 6) is -2.28. The van der Waals surface area contributed by atoms with E-state index in [0.29, 0.717) is 0 Å². The number of hydrogen-bond acceptors (Lipinski definition) is 5. The summed E-state index contributed by atoms with van der Waals surface area (Å²) >= 11 is 0. The number of carboxylic acids is 2. The van der Waals surface area contributed by atoms with E-state index in [1.54, 1.807) is 0 Å². The van der Waals surface area contributed by atoms with Crippen molar-refractivity contribution in [3.63, 3.8) is 0 Å². The van der Waals surface area contributed by atoms with E-state index >= 15 is 0 Å². The summed E-state index contributed by atoms with van der Waals surface area (Å²) < 4.78 is 4.64. The molecule has 0 spiro atoms. The van der Waals surface area contributed by atoms with Crippen molar-refractivity contribution >= 4 is 11.9 Å². The number of methoxy groups -OCH3 is 1. The second-order valence-corrected chi connectivity index (χ2v) is 3.07. The predicted octanol–water partition coefficient (Wildman–Crippen LogP) is -1.54. The van der Waals surface area contributed by atoms with Gasteiger partial charge < -0.3 is 20.1 Å². The molecule has 0 aromatic rings. The van der Waals surface area contributed by atoms with Gasteiger partial charge >= 0.3 is 11.9 Å². The molecular formula is C8H15NO6. The molecule has 1 atom stereocenters. The van der Waals surface area contributed by atoms with Crippen molar-refractivity contribution in [3.8, 4) is 0 Å². The van der Waals surface area contributed by atoms with E-state index in [4.69, 9.17) is 10.2 Å². The molecule has 0 saturated carbocycles. The third kappa shape index (κ3) is 7.86. The molecule has 0 bridgehead atoms. The van der Waals surface area contributed by atoms with Gasteiger partial charge in [-0.2, -0.15) is 0 Å². The number of aliphatic hydroxyl groups is 1. The number of carboxylic acid groups (broad SMARTS) is 2. The van der Waals surface area contributed by atoms with Crippen LogP contribution in [0.5, 0.6) is 0 Å². The Kier molecular flexibility index (Phi) is 6.59. The lowest BCUT2D eigenvalue weighted by molar-refractivity contribution is -0.142. The Morgan fingerprint density at radius 1 is 1.27 bits per heavy atom. The average Bonchev–Trinajstić information content (AvgIpc) is 2.00. The van der Waals surface area contributed by atoms with Crippen LogP contribution in [-0.2, 0) is 14.3 Å². The van der Waals surface area contributed by atoms with Crippen LogP contribution in [0.25, 0.3) is 0 Å². The molecule has 0 amide bonds. The topological polar surface area (TPSA) is 107 Å². The van der Waals surface area contributed by atoms with E-state index in [9.17, 15) is 14.7 Å². The lowest BCUT2D eigenvalue weighted by Crippen LogP contribution is -2.40. The molecule has 0 heterocycles. The summed E-state index contributed by atoms with van der Waals surface area (Å²) in [5.41, 5.74) is 0. The number of aliphatic carboxylic acids is 2. The van der Waals surface area contributed by atoms with Crippen LogP contribution < -0.4 is 0 Å². The molecule has 0 aliphatic rings. The monoisotopic (exact) mass is 221 g/mol. The average molecular weight is 221 g/mol. The Bertz CT molecular complexity index is 203. The first-order chi connectivity index (χ1) is 6.95. The van der Waals surface area contributed by atoms with Gasteiger partial charge in [0.1, 0.15) is 0 Å². The highest BCUT2D eigenvalue weighted by molar-refractivity contribution is 5.72. The Labute approximate surface area is 86.9 Å². The quantitative estimate of drug-likeness (QED) is 0.456. The maximum Gasteiger partial charge on any atom is 0.317 e. The molecule has 3 N–H and O–H groups in total. The first-order valence-electron chi connectivity index (χ1n) is 4.28. The fourth-order valence-corrected chi connectivity index (χ4v) is 1.11. The molecule has 0 aliphatic carbocycles. The van der Waals surface area contributed by atoms with Crippen molar-refractivity contribution in [2.75, 3.05) is 33.4 Å². The number of rotatable bonds is 8. The van der Waals surface area contributed by atoms with E-state index in [-0.39, 0.29) is 13.2 Å². The highest BCUT2D eigenvalue weighted by Gasteiger charge is 2.16. The van der Waals surface area contributed by atoms with Crippen LogP contribution in [0.3, 0.4) is 0 Å². The van der Waals surface area contributed by atoms with Gasteiger partial charge in [0, 0.05) is 13.7 Å². The molecule has 0 radical (unpaired) electrons. The molecule has 0 fully saturated rings. The number of nitrogens with zero attached hydrogens (tertiary/aromatic N) is 1. The molecule has 7 nitrogen and oxygen atoms in total. The second kappa shape index (κ2) is 7.16. The van der Waals surface area contributed by atoms with Crippen molar-refractivity contribution in [3.05, 3.63) is 0 Å². The molecule has 15 heavy (non-hydrogen) atoms. The fourth-order valence-electron chi connectivity index (χ4n) is 1.11. The maximum atomic E-state index is 10.4. The third-order valence-electron chi connectivity index (χ3n) is 1.55. The van der Waals surface area contributed by atoms with Crippen molar-refractivity contribution < 1.29 is 29.6 Å². The van der Waals surface area contributed by atoms with Crippen LogP contribution in [0.4, 0.5) is 0 Å². The van der Waals surface area contributed by atoms with Gasteiger partial charge in [0.25, 0.3) is 0 Å². The Morgan fingerprint density at radius 3 is 2.07 bits per heavy atom. The summed E-state index contributed by atoms with van der Waals surface area (Å²) in [4.78, 5) is 21.9. The summed E-state index contributed by atoms with van der Waals surface area (Å²) in [6.45, 7) is -0.859. The van der Waals surface area contributed by atoms with E-state index < -0.39 is 31.1 Å². The Balaban J connectivity index is 4.10. The van der Waals surface area contributed by atoms with Crippen molar-refractivity contribution in [1.29, 1.82) is 0 Å². The smallest absolute Gasteiger partial charge is 0.317 e. The first kappa shape index (κ1) is 13.8. The van der Waals surface area contributed by atoms with Crippen LogP contribution >= 0.6 is 0 Å². The van der Waals surface area contributed by atoms with Gasteiger partial charge in [0.2, 0.25) is 0 Å². The highest BCUT2D eigenvalue weighted by Crippen LogP contribution is 1.93. The van der Waals surface area contributed by atoms with Crippen LogP contribution in [0.15, 0.2) is 0 Å². The molecule has 88 valence electrons. The lowest BCUT2D eigenvalue weighted by atomic mass is 10.3. The van der Waals surface area contributed by atoms with E-state index in [1.165, 1.54) is 7.11 Å². The second-order valence-electron chi connectivity index (χ2n) is 3.07. The lowest BCUT2D eigenvalue weighted by Gasteiger charge is -2.20. The van der Waals surface area contributed by atoms with Crippen LogP contribution in [0.2, 0.25) is 0 Å². The molecule has 0 rings (SSSR count). The zero-order valence-corrected chi connectivity index (χ0v) is 8.42. The number of ether oxygens (including phenoxy) is 1. The number of aliphatic hydroxyl groups excluding tert-OH is 1. The van der Waals surface area contributed by atoms with E-state index in [1.807, 2.05) is 0 Å². The minimum Gasteiger partial charge on any atom is -0.480 e. The normalized spacial score (nSPS) is 12.7. The summed E-state index contributed by atoms with van der Waals surface area (Å²) in [7, 11) is 1.39. The SMILES string of the molecule is COCC(O)CN(CC(=O)O)CC(=O)O. The molecule has 0 aliphatic heterocycles. The molecule has 1 unspecified atom stereocenters. The minimum absolute atomic E-state index is 0.0374. The largest absolute Gasteiger partial charge is 0.480 e. The van der Waals surface area contributed by atoms with Gasteiger partial charge in [0.05, 0.1) is 25.8 Å². The van der Waals surface area contributed by atoms with Gasteiger partial charge in [-0.3, -0.25) is 14.5 Å². The molecule has 0 saturated heterocycles. The molecule has 0 aromatic carbocycles. The molecular weight excluding hydrogens is 206 g/mol. The molecule has 0 aromatic heterocycles. The minimum atomic E-state index is -1.14. The zero-order chi connectivity index (χ0) is 11.8. The standard InChI is InChI=1S/C8H15NO6/c1-15-5-6(10)2-9(3-7(11)12)4-8(13)14/h6,10H,2-5H2,1H3,(H,11,12)(H,13,14). The number of hydrogen-bond donors (Lipinski definition) is 3. The third-order valence-corrected chi connectivity index (χ3v) is 1.55. The van der Waals surface area contributed by atoms with Gasteiger partial charge in [0.15, 0.2) is 0 Å². The summed E-state index contributed by atoms with van der Waals surface area (Å²) in [5, 5.41) is 26.3. The fraction of sp³-hybridized carbons (Fsp3) is 0.750. The summed E-state index contributed by atoms with van der Waals surface area (Å²) in [6, 6.07) is 0. The zero-order valence-electron chi connectivity index (χ0n) is 8.42. The Hall–Kier alpha value is -1.18. The molecule has 7 heteroatoms. The predicted molar refractivity (Wildman–Crippen MR) is 49.6 cm³/mol. The van der Waals surface area contributed by atoms with Gasteiger partial charge in [-0.25, -0.2) is 0 Å². The number of carbonyl (C=O) groups is 2. The van der Waals surface area contributed by atoms with Crippen molar-refractivity contribution in [2.24, 2.45) is 0 Å². The maximum absolute atomic E-state index is 10.4. The van der Waals surface area contributed by atoms with Crippen molar-refractivity contribution in [2.45, 2.75) is 6.10 Å². The van der Waals surface area contributed by atoms with Crippen LogP contribution in [-0.4, -0.2) is 71.6 Å².